The Morgan fingerprint density at radius 2 is 1.90 bits per heavy atom. The molecule has 1 aliphatic heterocycles. The zero-order chi connectivity index (χ0) is 15.5. The number of halogens is 2. The largest absolute Gasteiger partial charge is 0.313 e. The van der Waals surface area contributed by atoms with E-state index in [1.807, 2.05) is 6.92 Å². The quantitative estimate of drug-likeness (QED) is 0.819. The molecule has 1 fully saturated rings. The van der Waals surface area contributed by atoms with Crippen LogP contribution in [0.2, 0.25) is 0 Å². The Bertz CT molecular complexity index is 599. The van der Waals surface area contributed by atoms with Gasteiger partial charge in [0, 0.05) is 19.6 Å². The Hall–Kier alpha value is -1.05. The van der Waals surface area contributed by atoms with E-state index in [4.69, 9.17) is 0 Å². The molecule has 0 aliphatic carbocycles. The second-order valence-electron chi connectivity index (χ2n) is 5.18. The van der Waals surface area contributed by atoms with Gasteiger partial charge < -0.3 is 5.32 Å². The fourth-order valence-corrected chi connectivity index (χ4v) is 4.03. The smallest absolute Gasteiger partial charge is 0.246 e. The Kier molecular flexibility index (Phi) is 5.29. The van der Waals surface area contributed by atoms with E-state index in [1.54, 1.807) is 0 Å². The van der Waals surface area contributed by atoms with Crippen molar-refractivity contribution < 1.29 is 17.2 Å². The molecule has 1 aromatic carbocycles. The summed E-state index contributed by atoms with van der Waals surface area (Å²) in [6.07, 6.45) is 2.41. The highest BCUT2D eigenvalue weighted by molar-refractivity contribution is 7.89. The van der Waals surface area contributed by atoms with Gasteiger partial charge in [-0.2, -0.15) is 4.31 Å². The first-order valence-electron chi connectivity index (χ1n) is 7.15. The first-order chi connectivity index (χ1) is 9.96. The minimum atomic E-state index is -3.95. The van der Waals surface area contributed by atoms with Crippen molar-refractivity contribution in [1.29, 1.82) is 0 Å². The number of nitrogens with zero attached hydrogens (tertiary/aromatic N) is 1. The van der Waals surface area contributed by atoms with Crippen LogP contribution in [-0.4, -0.2) is 32.4 Å². The maximum Gasteiger partial charge on any atom is 0.246 e. The lowest BCUT2D eigenvalue weighted by Gasteiger charge is -2.17. The second kappa shape index (κ2) is 6.81. The summed E-state index contributed by atoms with van der Waals surface area (Å²) in [6, 6.07) is 2.27. The third-order valence-electron chi connectivity index (χ3n) is 3.49. The zero-order valence-electron chi connectivity index (χ0n) is 12.0. The first-order valence-corrected chi connectivity index (χ1v) is 8.59. The van der Waals surface area contributed by atoms with Gasteiger partial charge in [-0.05, 0) is 43.5 Å². The molecule has 0 atom stereocenters. The first kappa shape index (κ1) is 16.3. The Labute approximate surface area is 124 Å². The summed E-state index contributed by atoms with van der Waals surface area (Å²) in [4.78, 5) is -0.558. The van der Waals surface area contributed by atoms with E-state index >= 15 is 0 Å². The molecule has 0 bridgehead atoms. The average molecular weight is 318 g/mol. The predicted octanol–water partition coefficient (Wildman–Crippen LogP) is 2.25. The van der Waals surface area contributed by atoms with Gasteiger partial charge in [0.1, 0.15) is 4.90 Å². The van der Waals surface area contributed by atoms with Gasteiger partial charge in [0.25, 0.3) is 0 Å². The minimum absolute atomic E-state index is 0.313. The Morgan fingerprint density at radius 3 is 2.52 bits per heavy atom. The fourth-order valence-electron chi connectivity index (χ4n) is 2.38. The van der Waals surface area contributed by atoms with Crippen LogP contribution in [0.5, 0.6) is 0 Å². The molecule has 0 radical (unpaired) electrons. The predicted molar refractivity (Wildman–Crippen MR) is 76.3 cm³/mol. The number of benzene rings is 1. The molecule has 1 aromatic rings. The standard InChI is InChI=1S/C14H20F2N2O2S/c1-2-5-17-10-11-8-12(15)14(16)13(9-11)21(19,20)18-6-3-4-7-18/h8-9,17H,2-7,10H2,1H3. The minimum Gasteiger partial charge on any atom is -0.313 e. The van der Waals surface area contributed by atoms with Crippen molar-refractivity contribution >= 4 is 10.0 Å². The summed E-state index contributed by atoms with van der Waals surface area (Å²) in [5, 5.41) is 3.05. The lowest BCUT2D eigenvalue weighted by atomic mass is 10.2. The molecule has 0 unspecified atom stereocenters. The monoisotopic (exact) mass is 318 g/mol. The third-order valence-corrected chi connectivity index (χ3v) is 5.39. The van der Waals surface area contributed by atoms with E-state index in [0.717, 1.165) is 31.9 Å². The van der Waals surface area contributed by atoms with Crippen molar-refractivity contribution in [3.63, 3.8) is 0 Å². The van der Waals surface area contributed by atoms with Gasteiger partial charge in [0.15, 0.2) is 11.6 Å². The molecule has 2 rings (SSSR count). The van der Waals surface area contributed by atoms with Gasteiger partial charge in [0.05, 0.1) is 0 Å². The van der Waals surface area contributed by atoms with Crippen LogP contribution in [0, 0.1) is 11.6 Å². The molecule has 21 heavy (non-hydrogen) atoms. The van der Waals surface area contributed by atoms with E-state index < -0.39 is 26.6 Å². The molecule has 0 saturated carbocycles. The molecule has 1 heterocycles. The summed E-state index contributed by atoms with van der Waals surface area (Å²) >= 11 is 0. The van der Waals surface area contributed by atoms with Crippen molar-refractivity contribution in [2.75, 3.05) is 19.6 Å². The van der Waals surface area contributed by atoms with E-state index in [-0.39, 0.29) is 0 Å². The summed E-state index contributed by atoms with van der Waals surface area (Å²) in [5.74, 6) is -2.41. The van der Waals surface area contributed by atoms with E-state index in [0.29, 0.717) is 25.2 Å². The highest BCUT2D eigenvalue weighted by Gasteiger charge is 2.31. The van der Waals surface area contributed by atoms with Gasteiger partial charge in [-0.1, -0.05) is 6.92 Å². The maximum atomic E-state index is 13.9. The highest BCUT2D eigenvalue weighted by atomic mass is 32.2. The lowest BCUT2D eigenvalue weighted by Crippen LogP contribution is -2.29. The summed E-state index contributed by atoms with van der Waals surface area (Å²) < 4.78 is 53.6. The molecule has 118 valence electrons. The number of hydrogen-bond acceptors (Lipinski definition) is 3. The zero-order valence-corrected chi connectivity index (χ0v) is 12.8. The van der Waals surface area contributed by atoms with Crippen LogP contribution < -0.4 is 5.32 Å². The second-order valence-corrected chi connectivity index (χ2v) is 7.08. The molecule has 0 amide bonds. The molecule has 1 aliphatic rings. The van der Waals surface area contributed by atoms with Gasteiger partial charge >= 0.3 is 0 Å². The van der Waals surface area contributed by atoms with Crippen LogP contribution in [-0.2, 0) is 16.6 Å². The van der Waals surface area contributed by atoms with Crippen molar-refractivity contribution in [2.45, 2.75) is 37.6 Å². The fraction of sp³-hybridized carbons (Fsp3) is 0.571. The molecular formula is C14H20F2N2O2S. The van der Waals surface area contributed by atoms with Crippen molar-refractivity contribution in [3.8, 4) is 0 Å². The summed E-state index contributed by atoms with van der Waals surface area (Å²) in [6.45, 7) is 3.76. The number of sulfonamides is 1. The molecule has 4 nitrogen and oxygen atoms in total. The average Bonchev–Trinajstić information content (AvgIpc) is 2.97. The number of nitrogens with one attached hydrogen (secondary N) is 1. The Balaban J connectivity index is 2.33. The summed E-state index contributed by atoms with van der Waals surface area (Å²) in [7, 11) is -3.95. The van der Waals surface area contributed by atoms with Crippen LogP contribution in [0.1, 0.15) is 31.7 Å². The van der Waals surface area contributed by atoms with Gasteiger partial charge in [-0.3, -0.25) is 0 Å². The molecule has 1 N–H and O–H groups in total. The topological polar surface area (TPSA) is 49.4 Å². The highest BCUT2D eigenvalue weighted by Crippen LogP contribution is 2.25. The van der Waals surface area contributed by atoms with Crippen LogP contribution in [0.25, 0.3) is 0 Å². The van der Waals surface area contributed by atoms with E-state index in [2.05, 4.69) is 5.32 Å². The van der Waals surface area contributed by atoms with Crippen molar-refractivity contribution in [1.82, 2.24) is 9.62 Å². The van der Waals surface area contributed by atoms with E-state index in [1.165, 1.54) is 10.4 Å². The van der Waals surface area contributed by atoms with Crippen LogP contribution in [0.15, 0.2) is 17.0 Å². The lowest BCUT2D eigenvalue weighted by molar-refractivity contribution is 0.452. The van der Waals surface area contributed by atoms with Gasteiger partial charge in [0.2, 0.25) is 10.0 Å². The summed E-state index contributed by atoms with van der Waals surface area (Å²) in [5.41, 5.74) is 0.431. The van der Waals surface area contributed by atoms with Crippen molar-refractivity contribution in [2.24, 2.45) is 0 Å². The SMILES string of the molecule is CCCNCc1cc(F)c(F)c(S(=O)(=O)N2CCCC2)c1. The van der Waals surface area contributed by atoms with E-state index in [9.17, 15) is 17.2 Å². The van der Waals surface area contributed by atoms with Crippen molar-refractivity contribution in [3.05, 3.63) is 29.3 Å². The van der Waals surface area contributed by atoms with Gasteiger partial charge in [-0.25, -0.2) is 17.2 Å². The molecule has 1 saturated heterocycles. The van der Waals surface area contributed by atoms with Crippen LogP contribution in [0.3, 0.4) is 0 Å². The molecule has 0 spiro atoms. The Morgan fingerprint density at radius 1 is 1.24 bits per heavy atom. The maximum absolute atomic E-state index is 13.9. The normalized spacial score (nSPS) is 16.5. The van der Waals surface area contributed by atoms with Crippen LogP contribution >= 0.6 is 0 Å². The number of hydrogen-bond donors (Lipinski definition) is 1. The van der Waals surface area contributed by atoms with Crippen LogP contribution in [0.4, 0.5) is 8.78 Å². The molecular weight excluding hydrogens is 298 g/mol. The molecule has 0 aromatic heterocycles. The van der Waals surface area contributed by atoms with Gasteiger partial charge in [-0.15, -0.1) is 0 Å². The third kappa shape index (κ3) is 3.59. The number of rotatable bonds is 6. The molecule has 7 heteroatoms.